The van der Waals surface area contributed by atoms with E-state index in [1.807, 2.05) is 10.9 Å². The molecule has 16 heavy (non-hydrogen) atoms. The largest absolute Gasteiger partial charge is 0.363 e. The monoisotopic (exact) mass is 304 g/mol. The zero-order chi connectivity index (χ0) is 11.8. The zero-order valence-corrected chi connectivity index (χ0v) is 11.8. The quantitative estimate of drug-likeness (QED) is 0.622. The molecule has 0 saturated heterocycles. The number of aromatic nitrogens is 2. The van der Waals surface area contributed by atoms with Gasteiger partial charge in [0.25, 0.3) is 0 Å². The van der Waals surface area contributed by atoms with Crippen LogP contribution in [-0.4, -0.2) is 28.0 Å². The Balaban J connectivity index is 2.08. The lowest BCUT2D eigenvalue weighted by Gasteiger charge is -2.09. The number of thiocarbonyl (C=S) groups is 1. The lowest BCUT2D eigenvalue weighted by Crippen LogP contribution is -2.37. The molecule has 0 aliphatic carbocycles. The van der Waals surface area contributed by atoms with E-state index in [-0.39, 0.29) is 0 Å². The highest BCUT2D eigenvalue weighted by Crippen LogP contribution is 2.05. The van der Waals surface area contributed by atoms with E-state index in [0.29, 0.717) is 0 Å². The second kappa shape index (κ2) is 7.62. The SMILES string of the molecule is CCCCNC(=S)NCCn1cc(Br)cn1. The maximum absolute atomic E-state index is 5.13. The summed E-state index contributed by atoms with van der Waals surface area (Å²) in [5, 5.41) is 11.2. The first-order chi connectivity index (χ1) is 7.72. The van der Waals surface area contributed by atoms with Gasteiger partial charge in [-0.3, -0.25) is 4.68 Å². The Labute approximate surface area is 110 Å². The van der Waals surface area contributed by atoms with Crippen LogP contribution >= 0.6 is 28.1 Å². The van der Waals surface area contributed by atoms with E-state index in [1.165, 1.54) is 6.42 Å². The molecule has 0 amide bonds. The second-order valence-corrected chi connectivity index (χ2v) is 4.78. The van der Waals surface area contributed by atoms with E-state index in [9.17, 15) is 0 Å². The normalized spacial score (nSPS) is 10.1. The third-order valence-corrected chi connectivity index (χ3v) is 2.74. The Morgan fingerprint density at radius 1 is 1.50 bits per heavy atom. The van der Waals surface area contributed by atoms with Crippen LogP contribution in [0.1, 0.15) is 19.8 Å². The Kier molecular flexibility index (Phi) is 6.40. The molecule has 0 atom stereocenters. The fourth-order valence-corrected chi connectivity index (χ4v) is 1.72. The molecule has 0 saturated carbocycles. The van der Waals surface area contributed by atoms with Crippen LogP contribution in [0, 0.1) is 0 Å². The van der Waals surface area contributed by atoms with Gasteiger partial charge in [-0.25, -0.2) is 0 Å². The van der Waals surface area contributed by atoms with E-state index in [0.717, 1.165) is 35.6 Å². The summed E-state index contributed by atoms with van der Waals surface area (Å²) < 4.78 is 2.86. The van der Waals surface area contributed by atoms with Crippen molar-refractivity contribution >= 4 is 33.3 Å². The van der Waals surface area contributed by atoms with Crippen LogP contribution in [0.25, 0.3) is 0 Å². The molecule has 4 nitrogen and oxygen atoms in total. The molecule has 1 aromatic heterocycles. The molecular weight excluding hydrogens is 288 g/mol. The molecule has 0 fully saturated rings. The summed E-state index contributed by atoms with van der Waals surface area (Å²) in [6, 6.07) is 0. The molecule has 0 aliphatic rings. The number of rotatable bonds is 6. The van der Waals surface area contributed by atoms with Crippen molar-refractivity contribution in [2.75, 3.05) is 13.1 Å². The molecule has 0 bridgehead atoms. The van der Waals surface area contributed by atoms with Crippen molar-refractivity contribution in [2.24, 2.45) is 0 Å². The number of nitrogens with zero attached hydrogens (tertiary/aromatic N) is 2. The first-order valence-electron chi connectivity index (χ1n) is 5.42. The maximum Gasteiger partial charge on any atom is 0.166 e. The molecule has 1 heterocycles. The molecule has 1 aromatic rings. The zero-order valence-electron chi connectivity index (χ0n) is 9.37. The molecule has 0 spiro atoms. The molecule has 0 unspecified atom stereocenters. The van der Waals surface area contributed by atoms with Gasteiger partial charge in [0, 0.05) is 19.3 Å². The van der Waals surface area contributed by atoms with Crippen molar-refractivity contribution in [2.45, 2.75) is 26.3 Å². The van der Waals surface area contributed by atoms with Gasteiger partial charge in [-0.1, -0.05) is 13.3 Å². The van der Waals surface area contributed by atoms with Gasteiger partial charge < -0.3 is 10.6 Å². The Bertz CT molecular complexity index is 326. The Morgan fingerprint density at radius 3 is 2.88 bits per heavy atom. The predicted octanol–water partition coefficient (Wildman–Crippen LogP) is 1.91. The van der Waals surface area contributed by atoms with Crippen LogP contribution in [0.3, 0.4) is 0 Å². The number of hydrogen-bond acceptors (Lipinski definition) is 2. The van der Waals surface area contributed by atoms with Crippen molar-refractivity contribution in [1.82, 2.24) is 20.4 Å². The summed E-state index contributed by atoms with van der Waals surface area (Å²) in [7, 11) is 0. The molecular formula is C10H17BrN4S. The molecule has 2 N–H and O–H groups in total. The molecule has 0 aromatic carbocycles. The number of halogens is 1. The van der Waals surface area contributed by atoms with E-state index in [1.54, 1.807) is 6.20 Å². The van der Waals surface area contributed by atoms with Crippen LogP contribution in [0.15, 0.2) is 16.9 Å². The van der Waals surface area contributed by atoms with Crippen molar-refractivity contribution in [3.63, 3.8) is 0 Å². The molecule has 1 rings (SSSR count). The number of nitrogens with one attached hydrogen (secondary N) is 2. The van der Waals surface area contributed by atoms with Gasteiger partial charge in [0.15, 0.2) is 5.11 Å². The van der Waals surface area contributed by atoms with Crippen LogP contribution in [0.2, 0.25) is 0 Å². The summed E-state index contributed by atoms with van der Waals surface area (Å²) in [5.74, 6) is 0. The first kappa shape index (κ1) is 13.4. The maximum atomic E-state index is 5.13. The minimum absolute atomic E-state index is 0.722. The summed E-state index contributed by atoms with van der Waals surface area (Å²) in [4.78, 5) is 0. The van der Waals surface area contributed by atoms with Gasteiger partial charge in [-0.05, 0) is 34.6 Å². The van der Waals surface area contributed by atoms with Gasteiger partial charge >= 0.3 is 0 Å². The van der Waals surface area contributed by atoms with Crippen LogP contribution < -0.4 is 10.6 Å². The van der Waals surface area contributed by atoms with E-state index < -0.39 is 0 Å². The van der Waals surface area contributed by atoms with Crippen LogP contribution in [0.5, 0.6) is 0 Å². The standard InChI is InChI=1S/C10H17BrN4S/c1-2-3-4-12-10(16)13-5-6-15-8-9(11)7-14-15/h7-8H,2-6H2,1H3,(H2,12,13,16). The Hall–Kier alpha value is -0.620. The topological polar surface area (TPSA) is 41.9 Å². The van der Waals surface area contributed by atoms with Gasteiger partial charge in [-0.2, -0.15) is 5.10 Å². The minimum atomic E-state index is 0.722. The molecule has 6 heteroatoms. The van der Waals surface area contributed by atoms with Crippen LogP contribution in [0.4, 0.5) is 0 Å². The fraction of sp³-hybridized carbons (Fsp3) is 0.600. The Morgan fingerprint density at radius 2 is 2.25 bits per heavy atom. The van der Waals surface area contributed by atoms with Gasteiger partial charge in [0.2, 0.25) is 0 Å². The second-order valence-electron chi connectivity index (χ2n) is 3.46. The lowest BCUT2D eigenvalue weighted by molar-refractivity contribution is 0.599. The van der Waals surface area contributed by atoms with E-state index in [2.05, 4.69) is 38.6 Å². The van der Waals surface area contributed by atoms with Crippen LogP contribution in [-0.2, 0) is 6.54 Å². The highest BCUT2D eigenvalue weighted by atomic mass is 79.9. The predicted molar refractivity (Wildman–Crippen MR) is 73.4 cm³/mol. The van der Waals surface area contributed by atoms with E-state index >= 15 is 0 Å². The van der Waals surface area contributed by atoms with Gasteiger partial charge in [0.05, 0.1) is 17.2 Å². The smallest absolute Gasteiger partial charge is 0.166 e. The number of hydrogen-bond donors (Lipinski definition) is 2. The minimum Gasteiger partial charge on any atom is -0.363 e. The summed E-state index contributed by atoms with van der Waals surface area (Å²) in [5.41, 5.74) is 0. The van der Waals surface area contributed by atoms with Crippen molar-refractivity contribution < 1.29 is 0 Å². The van der Waals surface area contributed by atoms with Crippen molar-refractivity contribution in [3.05, 3.63) is 16.9 Å². The van der Waals surface area contributed by atoms with Crippen molar-refractivity contribution in [3.8, 4) is 0 Å². The summed E-state index contributed by atoms with van der Waals surface area (Å²) in [6.45, 7) is 4.69. The fourth-order valence-electron chi connectivity index (χ4n) is 1.19. The summed E-state index contributed by atoms with van der Waals surface area (Å²) >= 11 is 8.48. The van der Waals surface area contributed by atoms with Gasteiger partial charge in [-0.15, -0.1) is 0 Å². The average molecular weight is 305 g/mol. The lowest BCUT2D eigenvalue weighted by atomic mass is 10.3. The average Bonchev–Trinajstić information content (AvgIpc) is 2.65. The summed E-state index contributed by atoms with van der Waals surface area (Å²) in [6.07, 6.45) is 6.04. The van der Waals surface area contributed by atoms with E-state index in [4.69, 9.17) is 12.2 Å². The third-order valence-electron chi connectivity index (χ3n) is 2.04. The molecule has 90 valence electrons. The highest BCUT2D eigenvalue weighted by molar-refractivity contribution is 9.10. The van der Waals surface area contributed by atoms with Crippen molar-refractivity contribution in [1.29, 1.82) is 0 Å². The molecule has 0 radical (unpaired) electrons. The molecule has 0 aliphatic heterocycles. The highest BCUT2D eigenvalue weighted by Gasteiger charge is 1.96. The van der Waals surface area contributed by atoms with Gasteiger partial charge in [0.1, 0.15) is 0 Å². The number of unbranched alkanes of at least 4 members (excludes halogenated alkanes) is 1. The first-order valence-corrected chi connectivity index (χ1v) is 6.62. The third kappa shape index (κ3) is 5.46.